The van der Waals surface area contributed by atoms with Crippen molar-refractivity contribution >= 4 is 27.4 Å². The zero-order valence-electron chi connectivity index (χ0n) is 22.0. The lowest BCUT2D eigenvalue weighted by atomic mass is 10.2. The summed E-state index contributed by atoms with van der Waals surface area (Å²) in [7, 11) is 3.30. The van der Waals surface area contributed by atoms with Gasteiger partial charge in [0.25, 0.3) is 0 Å². The molecular formula is C26H33BrN8O2. The van der Waals surface area contributed by atoms with Gasteiger partial charge in [-0.25, -0.2) is 19.5 Å². The molecule has 1 aliphatic rings. The lowest BCUT2D eigenvalue weighted by Crippen LogP contribution is -2.35. The van der Waals surface area contributed by atoms with Crippen molar-refractivity contribution in [3.05, 3.63) is 57.6 Å². The molecule has 4 heterocycles. The van der Waals surface area contributed by atoms with Crippen molar-refractivity contribution in [2.45, 2.75) is 52.7 Å². The molecule has 3 aromatic heterocycles. The smallest absolute Gasteiger partial charge is 0.198 e. The molecule has 10 nitrogen and oxygen atoms in total. The minimum absolute atomic E-state index is 0.437. The van der Waals surface area contributed by atoms with E-state index in [4.69, 9.17) is 24.5 Å². The van der Waals surface area contributed by atoms with Gasteiger partial charge in [-0.15, -0.1) is 0 Å². The van der Waals surface area contributed by atoms with Crippen LogP contribution in [0.25, 0.3) is 5.65 Å². The van der Waals surface area contributed by atoms with E-state index in [1.165, 1.54) is 11.5 Å². The summed E-state index contributed by atoms with van der Waals surface area (Å²) in [6.45, 7) is 10.7. The number of rotatable bonds is 9. The number of fused-ring (bicyclic) bond motifs is 2. The van der Waals surface area contributed by atoms with Crippen molar-refractivity contribution < 1.29 is 9.47 Å². The minimum atomic E-state index is 0.437. The summed E-state index contributed by atoms with van der Waals surface area (Å²) in [4.78, 5) is 16.7. The van der Waals surface area contributed by atoms with E-state index in [1.54, 1.807) is 14.2 Å². The molecule has 0 saturated carbocycles. The number of benzene rings is 1. The number of ether oxygens (including phenoxy) is 2. The fourth-order valence-corrected chi connectivity index (χ4v) is 5.08. The highest BCUT2D eigenvalue weighted by molar-refractivity contribution is 9.10. The van der Waals surface area contributed by atoms with Crippen LogP contribution in [-0.4, -0.2) is 61.3 Å². The first-order chi connectivity index (χ1) is 17.9. The Balaban J connectivity index is 1.31. The average Bonchev–Trinajstić information content (AvgIpc) is 3.53. The second kappa shape index (κ2) is 10.7. The van der Waals surface area contributed by atoms with Crippen molar-refractivity contribution in [2.24, 2.45) is 0 Å². The third kappa shape index (κ3) is 5.15. The monoisotopic (exact) mass is 568 g/mol. The molecule has 1 N–H and O–H groups in total. The van der Waals surface area contributed by atoms with Crippen LogP contribution in [0.3, 0.4) is 0 Å². The van der Waals surface area contributed by atoms with E-state index in [0.29, 0.717) is 23.9 Å². The second-order valence-electron chi connectivity index (χ2n) is 9.57. The first-order valence-corrected chi connectivity index (χ1v) is 13.3. The third-order valence-electron chi connectivity index (χ3n) is 6.79. The van der Waals surface area contributed by atoms with Crippen LogP contribution in [0.15, 0.2) is 29.0 Å². The molecule has 196 valence electrons. The number of aryl methyl sites for hydroxylation is 1. The van der Waals surface area contributed by atoms with E-state index < -0.39 is 0 Å². The van der Waals surface area contributed by atoms with Gasteiger partial charge >= 0.3 is 0 Å². The number of methoxy groups -OCH3 is 2. The van der Waals surface area contributed by atoms with Crippen LogP contribution < -0.4 is 14.8 Å². The maximum atomic E-state index is 5.54. The maximum absolute atomic E-state index is 5.54. The SMILES string of the molecule is COc1ccc(CNc2nc(Br)c(C)n3nc(CCN4CCn5c(cnc5C(C)C)C4)nc23)c(OC)c1. The van der Waals surface area contributed by atoms with Crippen molar-refractivity contribution in [3.63, 3.8) is 0 Å². The highest BCUT2D eigenvalue weighted by Crippen LogP contribution is 2.27. The topological polar surface area (TPSA) is 94.6 Å². The number of nitrogens with one attached hydrogen (secondary N) is 1. The summed E-state index contributed by atoms with van der Waals surface area (Å²) in [5.74, 6) is 4.58. The normalized spacial score (nSPS) is 13.8. The average molecular weight is 570 g/mol. The molecule has 11 heteroatoms. The molecule has 0 fully saturated rings. The van der Waals surface area contributed by atoms with Crippen molar-refractivity contribution in [1.82, 2.24) is 34.0 Å². The van der Waals surface area contributed by atoms with E-state index in [1.807, 2.05) is 35.8 Å². The van der Waals surface area contributed by atoms with Crippen molar-refractivity contribution in [1.29, 1.82) is 0 Å². The van der Waals surface area contributed by atoms with Gasteiger partial charge in [0, 0.05) is 62.9 Å². The summed E-state index contributed by atoms with van der Waals surface area (Å²) in [5, 5.41) is 8.23. The molecule has 4 aromatic rings. The molecule has 37 heavy (non-hydrogen) atoms. The molecular weight excluding hydrogens is 536 g/mol. The van der Waals surface area contributed by atoms with Crippen LogP contribution in [0.1, 0.15) is 48.4 Å². The summed E-state index contributed by atoms with van der Waals surface area (Å²) in [6, 6.07) is 5.77. The Kier molecular flexibility index (Phi) is 7.34. The Morgan fingerprint density at radius 2 is 1.97 bits per heavy atom. The number of anilines is 1. The Labute approximate surface area is 225 Å². The Morgan fingerprint density at radius 1 is 1.14 bits per heavy atom. The molecule has 1 aromatic carbocycles. The number of halogens is 1. The van der Waals surface area contributed by atoms with Crippen LogP contribution in [0.5, 0.6) is 11.5 Å². The Bertz CT molecular complexity index is 1410. The van der Waals surface area contributed by atoms with Crippen molar-refractivity contribution in [2.75, 3.05) is 32.6 Å². The summed E-state index contributed by atoms with van der Waals surface area (Å²) >= 11 is 3.58. The van der Waals surface area contributed by atoms with E-state index in [2.05, 4.69) is 49.5 Å². The lowest BCUT2D eigenvalue weighted by Gasteiger charge is -2.29. The lowest BCUT2D eigenvalue weighted by molar-refractivity contribution is 0.220. The van der Waals surface area contributed by atoms with Crippen LogP contribution in [0.2, 0.25) is 0 Å². The number of hydrogen-bond acceptors (Lipinski definition) is 8. The van der Waals surface area contributed by atoms with Gasteiger partial charge in [0.2, 0.25) is 0 Å². The van der Waals surface area contributed by atoms with Gasteiger partial charge < -0.3 is 19.4 Å². The van der Waals surface area contributed by atoms with E-state index in [0.717, 1.165) is 65.8 Å². The molecule has 0 unspecified atom stereocenters. The molecule has 1 aliphatic heterocycles. The predicted octanol–water partition coefficient (Wildman–Crippen LogP) is 4.20. The maximum Gasteiger partial charge on any atom is 0.198 e. The molecule has 5 rings (SSSR count). The minimum Gasteiger partial charge on any atom is -0.497 e. The molecule has 0 aliphatic carbocycles. The Morgan fingerprint density at radius 3 is 2.73 bits per heavy atom. The van der Waals surface area contributed by atoms with Gasteiger partial charge in [-0.2, -0.15) is 5.10 Å². The van der Waals surface area contributed by atoms with Crippen LogP contribution in [-0.2, 0) is 26.1 Å². The van der Waals surface area contributed by atoms with Crippen LogP contribution >= 0.6 is 15.9 Å². The largest absolute Gasteiger partial charge is 0.497 e. The molecule has 0 bridgehead atoms. The predicted molar refractivity (Wildman–Crippen MR) is 145 cm³/mol. The van der Waals surface area contributed by atoms with Gasteiger partial charge in [-0.3, -0.25) is 4.90 Å². The highest BCUT2D eigenvalue weighted by Gasteiger charge is 2.22. The summed E-state index contributed by atoms with van der Waals surface area (Å²) in [6.07, 6.45) is 2.78. The molecule has 0 amide bonds. The first-order valence-electron chi connectivity index (χ1n) is 12.5. The number of hydrogen-bond donors (Lipinski definition) is 1. The van der Waals surface area contributed by atoms with Gasteiger partial charge in [-0.1, -0.05) is 13.8 Å². The van der Waals surface area contributed by atoms with E-state index in [9.17, 15) is 0 Å². The van der Waals surface area contributed by atoms with E-state index >= 15 is 0 Å². The summed E-state index contributed by atoms with van der Waals surface area (Å²) in [5.41, 5.74) is 3.89. The highest BCUT2D eigenvalue weighted by atomic mass is 79.9. The molecule has 0 spiro atoms. The van der Waals surface area contributed by atoms with Gasteiger partial charge in [0.05, 0.1) is 25.6 Å². The number of aromatic nitrogens is 6. The van der Waals surface area contributed by atoms with Gasteiger partial charge in [0.15, 0.2) is 17.3 Å². The molecule has 0 saturated heterocycles. The van der Waals surface area contributed by atoms with E-state index in [-0.39, 0.29) is 0 Å². The molecule has 0 radical (unpaired) electrons. The van der Waals surface area contributed by atoms with Crippen LogP contribution in [0, 0.1) is 6.92 Å². The second-order valence-corrected chi connectivity index (χ2v) is 10.3. The van der Waals surface area contributed by atoms with Gasteiger partial charge in [-0.05, 0) is 35.0 Å². The zero-order chi connectivity index (χ0) is 26.1. The van der Waals surface area contributed by atoms with Gasteiger partial charge in [0.1, 0.15) is 21.9 Å². The summed E-state index contributed by atoms with van der Waals surface area (Å²) < 4.78 is 15.8. The molecule has 0 atom stereocenters. The zero-order valence-corrected chi connectivity index (χ0v) is 23.5. The standard InChI is InChI=1S/C26H33BrN8O2/c1-16(2)25-29-14-19-15-33(10-11-34(19)25)9-8-22-30-26-24(31-23(27)17(3)35(26)32-22)28-13-18-6-7-20(36-4)12-21(18)37-5/h6-7,12,14,16H,8-11,13,15H2,1-5H3,(H,28,31). The Hall–Kier alpha value is -3.18. The fourth-order valence-electron chi connectivity index (χ4n) is 4.73. The van der Waals surface area contributed by atoms with Crippen LogP contribution in [0.4, 0.5) is 5.82 Å². The quantitative estimate of drug-likeness (QED) is 0.321. The van der Waals surface area contributed by atoms with Crippen molar-refractivity contribution in [3.8, 4) is 11.5 Å². The number of imidazole rings is 1. The number of nitrogens with zero attached hydrogens (tertiary/aromatic N) is 7. The third-order valence-corrected chi connectivity index (χ3v) is 7.54. The fraction of sp³-hybridized carbons (Fsp3) is 0.462. The first kappa shape index (κ1) is 25.5.